The van der Waals surface area contributed by atoms with Crippen LogP contribution in [0.2, 0.25) is 0 Å². The molecule has 3 rings (SSSR count). The number of rotatable bonds is 10. The normalized spacial score (nSPS) is 32.1. The summed E-state index contributed by atoms with van der Waals surface area (Å²) >= 11 is 0. The molecule has 0 heterocycles. The molecule has 2 N–H and O–H groups in total. The van der Waals surface area contributed by atoms with Crippen LogP contribution in [0, 0.1) is 29.1 Å². The van der Waals surface area contributed by atoms with E-state index >= 15 is 0 Å². The van der Waals surface area contributed by atoms with E-state index < -0.39 is 113 Å². The van der Waals surface area contributed by atoms with Crippen LogP contribution in [0.3, 0.4) is 0 Å². The van der Waals surface area contributed by atoms with Gasteiger partial charge in [-0.3, -0.25) is 24.0 Å². The van der Waals surface area contributed by atoms with Crippen molar-refractivity contribution in [1.29, 1.82) is 0 Å². The van der Waals surface area contributed by atoms with Crippen LogP contribution in [-0.4, -0.2) is 87.6 Å². The van der Waals surface area contributed by atoms with Gasteiger partial charge in [-0.2, -0.15) is 0 Å². The van der Waals surface area contributed by atoms with Gasteiger partial charge in [0.05, 0.1) is 29.4 Å². The predicted octanol–water partition coefficient (Wildman–Crippen LogP) is 4.85. The zero-order chi connectivity index (χ0) is 40.9. The van der Waals surface area contributed by atoms with Crippen molar-refractivity contribution >= 4 is 35.6 Å². The molecule has 2 aliphatic carbocycles. The third kappa shape index (κ3) is 9.46. The van der Waals surface area contributed by atoms with Gasteiger partial charge < -0.3 is 33.9 Å². The van der Waals surface area contributed by atoms with Crippen LogP contribution in [0.4, 0.5) is 0 Å². The maximum atomic E-state index is 14.5. The Bertz CT molecular complexity index is 1620. The van der Waals surface area contributed by atoms with E-state index in [-0.39, 0.29) is 11.1 Å². The number of carbonyl (C=O) groups is 6. The number of aliphatic hydroxyl groups excluding tert-OH is 1. The van der Waals surface area contributed by atoms with Gasteiger partial charge in [-0.15, -0.1) is 0 Å². The Morgan fingerprint density at radius 2 is 1.43 bits per heavy atom. The minimum absolute atomic E-state index is 0.103. The fourth-order valence-electron chi connectivity index (χ4n) is 7.03. The lowest BCUT2D eigenvalue weighted by atomic mass is 9.72. The molecule has 1 aromatic rings. The number of aliphatic hydroxyl groups is 2. The topological polar surface area (TPSA) is 189 Å². The Morgan fingerprint density at radius 1 is 0.870 bits per heavy atom. The lowest BCUT2D eigenvalue weighted by Gasteiger charge is -2.43. The maximum absolute atomic E-state index is 14.5. The lowest BCUT2D eigenvalue weighted by molar-refractivity contribution is -0.191. The van der Waals surface area contributed by atoms with Gasteiger partial charge in [-0.05, 0) is 37.5 Å². The van der Waals surface area contributed by atoms with Gasteiger partial charge in [0.1, 0.15) is 11.2 Å². The molecule has 11 unspecified atom stereocenters. The average Bonchev–Trinajstić information content (AvgIpc) is 3.34. The highest BCUT2D eigenvalue weighted by molar-refractivity contribution is 5.92. The maximum Gasteiger partial charge on any atom is 0.338 e. The molecule has 2 aliphatic rings. The van der Waals surface area contributed by atoms with Crippen LogP contribution in [0.15, 0.2) is 54.6 Å². The summed E-state index contributed by atoms with van der Waals surface area (Å²) in [5.74, 6) is -8.95. The zero-order valence-electron chi connectivity index (χ0n) is 33.0. The molecule has 11 atom stereocenters. The third-order valence-electron chi connectivity index (χ3n) is 10.6. The summed E-state index contributed by atoms with van der Waals surface area (Å²) in [6.45, 7) is 19.2. The molecular weight excluding hydrogens is 700 g/mol. The first-order valence-electron chi connectivity index (χ1n) is 18.4. The van der Waals surface area contributed by atoms with Gasteiger partial charge in [0.25, 0.3) is 0 Å². The second kappa shape index (κ2) is 17.4. The number of esters is 5. The van der Waals surface area contributed by atoms with E-state index in [9.17, 15) is 39.0 Å². The quantitative estimate of drug-likeness (QED) is 0.188. The molecule has 54 heavy (non-hydrogen) atoms. The number of ketones is 1. The van der Waals surface area contributed by atoms with Gasteiger partial charge in [-0.1, -0.05) is 85.4 Å². The first-order chi connectivity index (χ1) is 25.0. The number of allylic oxidation sites excluding steroid dienone is 1. The molecule has 0 saturated heterocycles. The molecule has 1 aromatic carbocycles. The van der Waals surface area contributed by atoms with E-state index in [0.29, 0.717) is 12.8 Å². The van der Waals surface area contributed by atoms with Crippen molar-refractivity contribution in [2.24, 2.45) is 29.1 Å². The highest BCUT2D eigenvalue weighted by Gasteiger charge is 2.69. The number of carbonyl (C=O) groups excluding carboxylic acids is 6. The van der Waals surface area contributed by atoms with Crippen LogP contribution in [-0.2, 0) is 47.7 Å². The monoisotopic (exact) mass is 756 g/mol. The molecule has 1 fully saturated rings. The summed E-state index contributed by atoms with van der Waals surface area (Å²) < 4.78 is 29.6. The largest absolute Gasteiger partial charge is 0.458 e. The van der Waals surface area contributed by atoms with Gasteiger partial charge in [-0.25, -0.2) is 4.79 Å². The van der Waals surface area contributed by atoms with E-state index in [1.807, 2.05) is 0 Å². The second-order valence-electron chi connectivity index (χ2n) is 15.5. The average molecular weight is 757 g/mol. The van der Waals surface area contributed by atoms with Crippen molar-refractivity contribution < 1.29 is 62.7 Å². The van der Waals surface area contributed by atoms with Crippen molar-refractivity contribution in [3.8, 4) is 0 Å². The van der Waals surface area contributed by atoms with Gasteiger partial charge >= 0.3 is 29.8 Å². The highest BCUT2D eigenvalue weighted by Crippen LogP contribution is 2.52. The van der Waals surface area contributed by atoms with E-state index in [1.54, 1.807) is 65.8 Å². The van der Waals surface area contributed by atoms with Crippen molar-refractivity contribution in [3.63, 3.8) is 0 Å². The molecular formula is C41H56O13. The predicted molar refractivity (Wildman–Crippen MR) is 195 cm³/mol. The number of fused-ring (bicyclic) bond motifs is 1. The number of ether oxygens (including phenoxy) is 5. The zero-order valence-corrected chi connectivity index (χ0v) is 33.0. The number of hydrogen-bond acceptors (Lipinski definition) is 13. The number of hydrogen-bond donors (Lipinski definition) is 2. The Balaban J connectivity index is 2.40. The number of Topliss-reactive ketones (excluding diaryl/α,β-unsaturated/α-hetero) is 1. The lowest BCUT2D eigenvalue weighted by Crippen LogP contribution is -2.57. The Hall–Kier alpha value is -4.36. The smallest absolute Gasteiger partial charge is 0.338 e. The van der Waals surface area contributed by atoms with Crippen LogP contribution >= 0.6 is 0 Å². The summed E-state index contributed by atoms with van der Waals surface area (Å²) in [7, 11) is 0. The molecule has 0 amide bonds. The van der Waals surface area contributed by atoms with Gasteiger partial charge in [0, 0.05) is 31.6 Å². The minimum atomic E-state index is -2.54. The molecule has 0 bridgehead atoms. The molecule has 13 heteroatoms. The Morgan fingerprint density at radius 3 is 1.96 bits per heavy atom. The summed E-state index contributed by atoms with van der Waals surface area (Å²) in [6, 6.07) is 7.86. The first kappa shape index (κ1) is 44.0. The van der Waals surface area contributed by atoms with Crippen LogP contribution in [0.5, 0.6) is 0 Å². The third-order valence-corrected chi connectivity index (χ3v) is 10.6. The van der Waals surface area contributed by atoms with Crippen molar-refractivity contribution in [1.82, 2.24) is 0 Å². The van der Waals surface area contributed by atoms with Gasteiger partial charge in [0.2, 0.25) is 0 Å². The molecule has 0 aromatic heterocycles. The summed E-state index contributed by atoms with van der Waals surface area (Å²) in [4.78, 5) is 80.6. The van der Waals surface area contributed by atoms with Crippen molar-refractivity contribution in [3.05, 3.63) is 60.2 Å². The van der Waals surface area contributed by atoms with Crippen LogP contribution < -0.4 is 0 Å². The summed E-state index contributed by atoms with van der Waals surface area (Å²) in [5, 5.41) is 25.1. The van der Waals surface area contributed by atoms with E-state index in [4.69, 9.17) is 23.7 Å². The first-order valence-corrected chi connectivity index (χ1v) is 18.4. The Kier molecular flexibility index (Phi) is 14.2. The Labute approximate surface area is 317 Å². The SMILES string of the molecule is C=C1C(O)C2C(OC(=O)C(C)CC)C(C)(OC(=O)C(C)CC)CC2(O)C(=O)C(C)C=CC(C)(C)C(OC(C)=O)C(OC(=O)c2ccccc2)C1OC(C)=O. The molecule has 0 spiro atoms. The van der Waals surface area contributed by atoms with E-state index in [0.717, 1.165) is 13.8 Å². The van der Waals surface area contributed by atoms with E-state index in [2.05, 4.69) is 6.58 Å². The van der Waals surface area contributed by atoms with Crippen molar-refractivity contribution in [2.75, 3.05) is 0 Å². The fraction of sp³-hybridized carbons (Fsp3) is 0.610. The molecule has 13 nitrogen and oxygen atoms in total. The summed E-state index contributed by atoms with van der Waals surface area (Å²) in [6.07, 6.45) is -5.39. The molecule has 0 aliphatic heterocycles. The van der Waals surface area contributed by atoms with Crippen LogP contribution in [0.1, 0.15) is 98.9 Å². The fourth-order valence-corrected chi connectivity index (χ4v) is 7.03. The van der Waals surface area contributed by atoms with Gasteiger partial charge in [0.15, 0.2) is 30.2 Å². The molecule has 1 saturated carbocycles. The molecule has 0 radical (unpaired) electrons. The van der Waals surface area contributed by atoms with Crippen molar-refractivity contribution in [2.45, 2.75) is 130 Å². The van der Waals surface area contributed by atoms with Crippen LogP contribution in [0.25, 0.3) is 0 Å². The standard InChI is InChI=1S/C41H56O13/c1-12-22(3)36(46)53-34-29-30(44)25(6)31(50-26(7)42)32(52-38(48)28-17-15-14-16-18-28)35(51-27(8)43)39(9,10)20-19-24(5)33(45)41(29,49)21-40(34,11)54-37(47)23(4)13-2/h14-20,22-24,29-32,34-35,44,49H,6,12-13,21H2,1-5,7-11H3. The van der Waals surface area contributed by atoms with E-state index in [1.165, 1.54) is 32.1 Å². The second-order valence-corrected chi connectivity index (χ2v) is 15.5. The number of benzene rings is 1. The molecule has 298 valence electrons. The minimum Gasteiger partial charge on any atom is -0.458 e. The highest BCUT2D eigenvalue weighted by atomic mass is 16.6. The summed E-state index contributed by atoms with van der Waals surface area (Å²) in [5.41, 5.74) is -5.95.